The molecule has 0 radical (unpaired) electrons. The van der Waals surface area contributed by atoms with Crippen LogP contribution in [0.1, 0.15) is 21.7 Å². The first-order valence-corrected chi connectivity index (χ1v) is 7.12. The van der Waals surface area contributed by atoms with Crippen molar-refractivity contribution in [1.29, 1.82) is 0 Å². The number of carbonyl (C=O) groups excluding carboxylic acids is 1. The van der Waals surface area contributed by atoms with Gasteiger partial charge in [-0.3, -0.25) is 4.79 Å². The second kappa shape index (κ2) is 4.67. The molecule has 3 aromatic rings. The molecule has 0 aliphatic carbocycles. The Balaban J connectivity index is 2.12. The molecule has 0 N–H and O–H groups in total. The summed E-state index contributed by atoms with van der Waals surface area (Å²) < 4.78 is 6.50. The van der Waals surface area contributed by atoms with Crippen LogP contribution >= 0.6 is 34.5 Å². The van der Waals surface area contributed by atoms with E-state index >= 15 is 0 Å². The third-order valence-electron chi connectivity index (χ3n) is 2.87. The molecule has 0 atom stereocenters. The molecule has 0 unspecified atom stereocenters. The summed E-state index contributed by atoms with van der Waals surface area (Å²) in [6.45, 7) is 1.94. The number of benzene rings is 1. The van der Waals surface area contributed by atoms with Crippen LogP contribution in [0.25, 0.3) is 11.0 Å². The van der Waals surface area contributed by atoms with Gasteiger partial charge >= 0.3 is 0 Å². The van der Waals surface area contributed by atoms with Gasteiger partial charge in [-0.25, -0.2) is 0 Å². The SMILES string of the molecule is Cc1cccc2cc(C(=O)c3cc(Cl)sc3Cl)oc12. The summed E-state index contributed by atoms with van der Waals surface area (Å²) in [7, 11) is 0. The van der Waals surface area contributed by atoms with Crippen molar-refractivity contribution in [2.24, 2.45) is 0 Å². The molecule has 0 aliphatic heterocycles. The summed E-state index contributed by atoms with van der Waals surface area (Å²) in [5.74, 6) is 0.0319. The monoisotopic (exact) mass is 310 g/mol. The van der Waals surface area contributed by atoms with E-state index in [1.165, 1.54) is 11.3 Å². The number of thiophene rings is 1. The van der Waals surface area contributed by atoms with Gasteiger partial charge in [0.25, 0.3) is 0 Å². The average Bonchev–Trinajstić information content (AvgIpc) is 2.93. The quantitative estimate of drug-likeness (QED) is 0.598. The Morgan fingerprint density at radius 1 is 1.26 bits per heavy atom. The van der Waals surface area contributed by atoms with Gasteiger partial charge in [-0.1, -0.05) is 41.4 Å². The predicted octanol–water partition coefficient (Wildman–Crippen LogP) is 5.34. The molecule has 0 fully saturated rings. The van der Waals surface area contributed by atoms with Crippen LogP contribution in [0, 0.1) is 6.92 Å². The van der Waals surface area contributed by atoms with Crippen LogP contribution in [0.2, 0.25) is 8.67 Å². The van der Waals surface area contributed by atoms with Crippen LogP contribution < -0.4 is 0 Å². The Labute approximate surface area is 123 Å². The number of hydrogen-bond donors (Lipinski definition) is 0. The Morgan fingerprint density at radius 2 is 2.05 bits per heavy atom. The maximum Gasteiger partial charge on any atom is 0.230 e. The van der Waals surface area contributed by atoms with E-state index in [4.69, 9.17) is 27.6 Å². The first kappa shape index (κ1) is 12.7. The van der Waals surface area contributed by atoms with Gasteiger partial charge in [0.05, 0.1) is 9.90 Å². The summed E-state index contributed by atoms with van der Waals surface area (Å²) in [5.41, 5.74) is 2.10. The van der Waals surface area contributed by atoms with E-state index in [2.05, 4.69) is 0 Å². The molecule has 1 aromatic carbocycles. The lowest BCUT2D eigenvalue weighted by Gasteiger charge is -1.94. The molecule has 0 spiro atoms. The molecule has 2 heterocycles. The van der Waals surface area contributed by atoms with E-state index in [0.717, 1.165) is 16.5 Å². The van der Waals surface area contributed by atoms with Crippen LogP contribution in [0.5, 0.6) is 0 Å². The fraction of sp³-hybridized carbons (Fsp3) is 0.0714. The summed E-state index contributed by atoms with van der Waals surface area (Å²) in [6, 6.07) is 9.07. The van der Waals surface area contributed by atoms with Gasteiger partial charge < -0.3 is 4.42 Å². The molecule has 0 bridgehead atoms. The highest BCUT2D eigenvalue weighted by molar-refractivity contribution is 7.20. The molecule has 0 saturated heterocycles. The zero-order valence-electron chi connectivity index (χ0n) is 9.87. The highest BCUT2D eigenvalue weighted by Gasteiger charge is 2.20. The summed E-state index contributed by atoms with van der Waals surface area (Å²) in [4.78, 5) is 12.3. The average molecular weight is 311 g/mol. The molecular weight excluding hydrogens is 303 g/mol. The molecule has 96 valence electrons. The van der Waals surface area contributed by atoms with Gasteiger partial charge in [0, 0.05) is 5.39 Å². The predicted molar refractivity (Wildman–Crippen MR) is 78.7 cm³/mol. The second-order valence-electron chi connectivity index (χ2n) is 4.17. The normalized spacial score (nSPS) is 11.1. The maximum atomic E-state index is 12.3. The van der Waals surface area contributed by atoms with E-state index in [0.29, 0.717) is 14.2 Å². The molecule has 5 heteroatoms. The number of fused-ring (bicyclic) bond motifs is 1. The highest BCUT2D eigenvalue weighted by atomic mass is 35.5. The Hall–Kier alpha value is -1.29. The summed E-state index contributed by atoms with van der Waals surface area (Å²) >= 11 is 13.0. The van der Waals surface area contributed by atoms with Crippen LogP contribution in [0.4, 0.5) is 0 Å². The number of furan rings is 1. The van der Waals surface area contributed by atoms with E-state index in [9.17, 15) is 4.79 Å². The van der Waals surface area contributed by atoms with Gasteiger partial charge in [0.2, 0.25) is 5.78 Å². The fourth-order valence-electron chi connectivity index (χ4n) is 1.95. The number of halogens is 2. The molecule has 0 saturated carbocycles. The van der Waals surface area contributed by atoms with Gasteiger partial charge in [-0.15, -0.1) is 11.3 Å². The van der Waals surface area contributed by atoms with E-state index in [1.807, 2.05) is 25.1 Å². The van der Waals surface area contributed by atoms with Crippen molar-refractivity contribution in [2.75, 3.05) is 0 Å². The largest absolute Gasteiger partial charge is 0.452 e. The lowest BCUT2D eigenvalue weighted by Crippen LogP contribution is -1.97. The summed E-state index contributed by atoms with van der Waals surface area (Å²) in [6.07, 6.45) is 0. The molecule has 2 nitrogen and oxygen atoms in total. The minimum absolute atomic E-state index is 0.247. The maximum absolute atomic E-state index is 12.3. The zero-order valence-corrected chi connectivity index (χ0v) is 12.2. The van der Waals surface area contributed by atoms with Gasteiger partial charge in [-0.2, -0.15) is 0 Å². The lowest BCUT2D eigenvalue weighted by molar-refractivity contribution is 0.101. The first-order valence-electron chi connectivity index (χ1n) is 5.55. The van der Waals surface area contributed by atoms with Crippen LogP contribution in [0.15, 0.2) is 34.7 Å². The van der Waals surface area contributed by atoms with Crippen molar-refractivity contribution in [3.05, 3.63) is 55.9 Å². The fourth-order valence-corrected chi connectivity index (χ4v) is 3.41. The van der Waals surface area contributed by atoms with E-state index < -0.39 is 0 Å². The van der Waals surface area contributed by atoms with Crippen LogP contribution in [0.3, 0.4) is 0 Å². The van der Waals surface area contributed by atoms with E-state index in [1.54, 1.807) is 12.1 Å². The Kier molecular flexibility index (Phi) is 3.13. The summed E-state index contributed by atoms with van der Waals surface area (Å²) in [5, 5.41) is 0.904. The standard InChI is InChI=1S/C14H8Cl2O2S/c1-7-3-2-4-8-5-10(18-13(7)8)12(17)9-6-11(15)19-14(9)16/h2-6H,1H3. The van der Waals surface area contributed by atoms with Crippen LogP contribution in [-0.4, -0.2) is 5.78 Å². The molecule has 0 aliphatic rings. The topological polar surface area (TPSA) is 30.2 Å². The molecule has 2 aromatic heterocycles. The van der Waals surface area contributed by atoms with E-state index in [-0.39, 0.29) is 11.5 Å². The van der Waals surface area contributed by atoms with Crippen molar-refractivity contribution in [3.63, 3.8) is 0 Å². The number of ketones is 1. The number of rotatable bonds is 2. The number of aryl methyl sites for hydroxylation is 1. The molecule has 0 amide bonds. The van der Waals surface area contributed by atoms with Crippen LogP contribution in [-0.2, 0) is 0 Å². The lowest BCUT2D eigenvalue weighted by atomic mass is 10.1. The molecule has 19 heavy (non-hydrogen) atoms. The third-order valence-corrected chi connectivity index (χ3v) is 4.35. The Morgan fingerprint density at radius 3 is 2.68 bits per heavy atom. The van der Waals surface area contributed by atoms with Crippen molar-refractivity contribution >= 4 is 51.3 Å². The smallest absolute Gasteiger partial charge is 0.230 e. The number of para-hydroxylation sites is 1. The number of carbonyl (C=O) groups is 1. The van der Waals surface area contributed by atoms with Gasteiger partial charge in [0.1, 0.15) is 9.92 Å². The third kappa shape index (κ3) is 2.18. The van der Waals surface area contributed by atoms with Crippen molar-refractivity contribution in [2.45, 2.75) is 6.92 Å². The Bertz CT molecular complexity index is 786. The minimum Gasteiger partial charge on any atom is -0.452 e. The van der Waals surface area contributed by atoms with Gasteiger partial charge in [0.15, 0.2) is 5.76 Å². The number of hydrogen-bond acceptors (Lipinski definition) is 3. The zero-order chi connectivity index (χ0) is 13.6. The molecule has 3 rings (SSSR count). The first-order chi connectivity index (χ1) is 9.06. The van der Waals surface area contributed by atoms with Crippen molar-refractivity contribution < 1.29 is 9.21 Å². The van der Waals surface area contributed by atoms with Gasteiger partial charge in [-0.05, 0) is 24.6 Å². The van der Waals surface area contributed by atoms with Crippen molar-refractivity contribution in [1.82, 2.24) is 0 Å². The van der Waals surface area contributed by atoms with Crippen molar-refractivity contribution in [3.8, 4) is 0 Å². The highest BCUT2D eigenvalue weighted by Crippen LogP contribution is 2.33. The minimum atomic E-state index is -0.247. The molecular formula is C14H8Cl2O2S. The second-order valence-corrected chi connectivity index (χ2v) is 6.46.